The summed E-state index contributed by atoms with van der Waals surface area (Å²) in [6.45, 7) is 8.36. The van der Waals surface area contributed by atoms with Crippen LogP contribution in [0.5, 0.6) is 0 Å². The van der Waals surface area contributed by atoms with Crippen LogP contribution in [0.4, 0.5) is 0 Å². The van der Waals surface area contributed by atoms with E-state index >= 15 is 0 Å². The van der Waals surface area contributed by atoms with Crippen LogP contribution in [0.3, 0.4) is 0 Å². The summed E-state index contributed by atoms with van der Waals surface area (Å²) in [5, 5.41) is 10.5. The summed E-state index contributed by atoms with van der Waals surface area (Å²) in [5.74, 6) is 0. The molecule has 7 heteroatoms. The van der Waals surface area contributed by atoms with Crippen molar-refractivity contribution in [2.45, 2.75) is 46.3 Å². The minimum Gasteiger partial charge on any atom is -0.399 e. The molecule has 5 heterocycles. The van der Waals surface area contributed by atoms with Gasteiger partial charge in [-0.05, 0) is 116 Å². The van der Waals surface area contributed by atoms with Crippen molar-refractivity contribution in [3.63, 3.8) is 0 Å². The third-order valence-corrected chi connectivity index (χ3v) is 13.9. The zero-order valence-electron chi connectivity index (χ0n) is 34.2. The second-order valence-electron chi connectivity index (χ2n) is 17.3. The van der Waals surface area contributed by atoms with Gasteiger partial charge in [0.1, 0.15) is 0 Å². The molecule has 12 aromatic rings. The molecule has 0 bridgehead atoms. The van der Waals surface area contributed by atoms with Crippen LogP contribution in [0.1, 0.15) is 35.1 Å². The van der Waals surface area contributed by atoms with E-state index in [-0.39, 0.29) is 49.7 Å². The Morgan fingerprint density at radius 1 is 0.403 bits per heavy atom. The van der Waals surface area contributed by atoms with E-state index in [1.165, 1.54) is 98.4 Å². The van der Waals surface area contributed by atoms with E-state index in [4.69, 9.17) is 9.31 Å². The molecule has 0 radical (unpaired) electrons. The van der Waals surface area contributed by atoms with Gasteiger partial charge in [-0.3, -0.25) is 0 Å². The van der Waals surface area contributed by atoms with Crippen LogP contribution < -0.4 is 5.46 Å². The van der Waals surface area contributed by atoms with Gasteiger partial charge in [-0.25, -0.2) is 0 Å². The van der Waals surface area contributed by atoms with Crippen molar-refractivity contribution in [3.8, 4) is 22.3 Å². The van der Waals surface area contributed by atoms with E-state index in [1.54, 1.807) is 0 Å². The van der Waals surface area contributed by atoms with E-state index in [9.17, 15) is 0 Å². The Labute approximate surface area is 387 Å². The molecular weight excluding hydrogens is 938 g/mol. The molecule has 0 aliphatic carbocycles. The van der Waals surface area contributed by atoms with Crippen LogP contribution in [0.25, 0.3) is 98.4 Å². The standard InChI is InChI=1S/C30H26BNO2.C24H14BrN.CH4.HI/c1-29(2)30(3,4)34-31(33-29)21-15-13-19(14-16-21)20-17-24-22-9-5-7-11-26(22)32-27-12-8-6-10-23(27)25(18-20)28(24)32;25-17-11-9-15(10-12-17)16-13-20-18-5-1-3-7-22(18)26-23-8-4-2-6-19(23)21(14-16)24(20)26;;/h5-18H,1-4H3;1-14H;1H4;1H. The number of rotatable bonds is 3. The molecule has 62 heavy (non-hydrogen) atoms. The Kier molecular flexibility index (Phi) is 9.72. The minimum absolute atomic E-state index is 0. The number of hydrogen-bond donors (Lipinski definition) is 0. The first kappa shape index (κ1) is 40.6. The van der Waals surface area contributed by atoms with Gasteiger partial charge in [0.2, 0.25) is 0 Å². The average Bonchev–Trinajstić information content (AvgIpc) is 4.04. The number of para-hydroxylation sites is 4. The summed E-state index contributed by atoms with van der Waals surface area (Å²) in [6.07, 6.45) is 0. The third-order valence-electron chi connectivity index (χ3n) is 13.4. The monoisotopic (exact) mass is 982 g/mol. The van der Waals surface area contributed by atoms with Crippen LogP contribution in [0.2, 0.25) is 0 Å². The molecule has 1 fully saturated rings. The minimum atomic E-state index is -0.343. The zero-order valence-corrected chi connectivity index (χ0v) is 38.2. The van der Waals surface area contributed by atoms with E-state index in [0.29, 0.717) is 0 Å². The molecule has 0 amide bonds. The molecule has 1 aliphatic heterocycles. The molecule has 0 saturated carbocycles. The number of nitrogens with zero attached hydrogens (tertiary/aromatic N) is 2. The fourth-order valence-corrected chi connectivity index (χ4v) is 9.95. The summed E-state index contributed by atoms with van der Waals surface area (Å²) in [5.41, 5.74) is 13.0. The van der Waals surface area contributed by atoms with Crippen LogP contribution in [-0.4, -0.2) is 27.1 Å². The normalized spacial score (nSPS) is 14.7. The SMILES string of the molecule is Brc1ccc(-c2cc3c4ccccc4n4c5ccccc5c(c2)c34)cc1.C.CC1(C)OB(c2ccc(-c3cc4c5ccccc5n5c6ccccc6c(c3)c45)cc2)OC1(C)C.I. The highest BCUT2D eigenvalue weighted by Crippen LogP contribution is 2.43. The Morgan fingerprint density at radius 3 is 1.05 bits per heavy atom. The first-order valence-corrected chi connectivity index (χ1v) is 21.5. The highest BCUT2D eigenvalue weighted by molar-refractivity contribution is 14.0. The van der Waals surface area contributed by atoms with E-state index in [1.807, 2.05) is 0 Å². The van der Waals surface area contributed by atoms with Gasteiger partial charge < -0.3 is 18.1 Å². The van der Waals surface area contributed by atoms with Gasteiger partial charge in [0.15, 0.2) is 0 Å². The number of aromatic nitrogens is 2. The topological polar surface area (TPSA) is 27.3 Å². The molecule has 8 aromatic carbocycles. The molecular formula is C55H45BBrIN2O2. The third kappa shape index (κ3) is 6.00. The Hall–Kier alpha value is -5.45. The maximum absolute atomic E-state index is 6.25. The lowest BCUT2D eigenvalue weighted by Crippen LogP contribution is -2.41. The second-order valence-corrected chi connectivity index (χ2v) is 18.2. The molecule has 0 unspecified atom stereocenters. The molecule has 0 spiro atoms. The second kappa shape index (κ2) is 14.8. The van der Waals surface area contributed by atoms with Crippen LogP contribution in [0, 0.1) is 0 Å². The van der Waals surface area contributed by atoms with E-state index < -0.39 is 0 Å². The number of halogens is 2. The largest absolute Gasteiger partial charge is 0.494 e. The first-order valence-electron chi connectivity index (χ1n) is 20.7. The lowest BCUT2D eigenvalue weighted by Gasteiger charge is -2.32. The lowest BCUT2D eigenvalue weighted by atomic mass is 9.78. The number of hydrogen-bond acceptors (Lipinski definition) is 2. The fourth-order valence-electron chi connectivity index (χ4n) is 9.69. The average molecular weight is 984 g/mol. The maximum atomic E-state index is 6.25. The van der Waals surface area contributed by atoms with Crippen molar-refractivity contribution in [2.75, 3.05) is 0 Å². The molecule has 1 aliphatic rings. The Balaban J connectivity index is 0.000000148. The predicted molar refractivity (Wildman–Crippen MR) is 279 cm³/mol. The van der Waals surface area contributed by atoms with Crippen molar-refractivity contribution in [1.29, 1.82) is 0 Å². The number of fused-ring (bicyclic) bond motifs is 12. The van der Waals surface area contributed by atoms with Gasteiger partial charge in [0.25, 0.3) is 0 Å². The molecule has 0 atom stereocenters. The zero-order chi connectivity index (χ0) is 40.5. The van der Waals surface area contributed by atoms with E-state index in [2.05, 4.69) is 222 Å². The van der Waals surface area contributed by atoms with E-state index in [0.717, 1.165) is 9.94 Å². The summed E-state index contributed by atoms with van der Waals surface area (Å²) < 4.78 is 18.4. The van der Waals surface area contributed by atoms with Crippen molar-refractivity contribution < 1.29 is 9.31 Å². The highest BCUT2D eigenvalue weighted by Gasteiger charge is 2.51. The lowest BCUT2D eigenvalue weighted by molar-refractivity contribution is 0.00578. The molecule has 0 N–H and O–H groups in total. The highest BCUT2D eigenvalue weighted by atomic mass is 127. The summed E-state index contributed by atoms with van der Waals surface area (Å²) in [7, 11) is -0.343. The summed E-state index contributed by atoms with van der Waals surface area (Å²) >= 11 is 3.54. The summed E-state index contributed by atoms with van der Waals surface area (Å²) in [6, 6.07) is 61.4. The molecule has 4 aromatic heterocycles. The predicted octanol–water partition coefficient (Wildman–Crippen LogP) is 15.3. The Morgan fingerprint density at radius 2 is 0.710 bits per heavy atom. The molecule has 1 saturated heterocycles. The summed E-state index contributed by atoms with van der Waals surface area (Å²) in [4.78, 5) is 0. The van der Waals surface area contributed by atoms with Crippen LogP contribution in [-0.2, 0) is 9.31 Å². The van der Waals surface area contributed by atoms with Crippen molar-refractivity contribution >= 4 is 129 Å². The number of benzene rings is 8. The van der Waals surface area contributed by atoms with Crippen molar-refractivity contribution in [2.24, 2.45) is 0 Å². The van der Waals surface area contributed by atoms with Gasteiger partial charge in [0, 0.05) is 47.6 Å². The fraction of sp³-hybridized carbons (Fsp3) is 0.127. The van der Waals surface area contributed by atoms with Crippen LogP contribution >= 0.6 is 39.9 Å². The maximum Gasteiger partial charge on any atom is 0.494 e. The Bertz CT molecular complexity index is 3450. The van der Waals surface area contributed by atoms with Crippen molar-refractivity contribution in [1.82, 2.24) is 8.80 Å². The molecule has 304 valence electrons. The van der Waals surface area contributed by atoms with Gasteiger partial charge in [-0.1, -0.05) is 133 Å². The molecule has 13 rings (SSSR count). The molecule has 4 nitrogen and oxygen atoms in total. The van der Waals surface area contributed by atoms with Gasteiger partial charge in [0.05, 0.1) is 44.3 Å². The first-order chi connectivity index (χ1) is 29.1. The van der Waals surface area contributed by atoms with Crippen molar-refractivity contribution in [3.05, 3.63) is 174 Å². The van der Waals surface area contributed by atoms with Gasteiger partial charge >= 0.3 is 7.12 Å². The van der Waals surface area contributed by atoms with Gasteiger partial charge in [-0.2, -0.15) is 0 Å². The van der Waals surface area contributed by atoms with Gasteiger partial charge in [-0.15, -0.1) is 24.0 Å². The quantitative estimate of drug-likeness (QED) is 0.130. The van der Waals surface area contributed by atoms with Crippen LogP contribution in [0.15, 0.2) is 174 Å². The smallest absolute Gasteiger partial charge is 0.399 e.